The number of hydrogen-bond acceptors (Lipinski definition) is 4. The van der Waals surface area contributed by atoms with Crippen LogP contribution in [0.5, 0.6) is 0 Å². The quantitative estimate of drug-likeness (QED) is 0.777. The van der Waals surface area contributed by atoms with Crippen molar-refractivity contribution < 1.29 is 4.79 Å². The molecule has 3 N–H and O–H groups in total. The van der Waals surface area contributed by atoms with Crippen molar-refractivity contribution in [2.45, 2.75) is 12.5 Å². The van der Waals surface area contributed by atoms with Crippen LogP contribution in [0, 0.1) is 0 Å². The molecule has 92 valence electrons. The third kappa shape index (κ3) is 1.67. The molecule has 0 fully saturated rings. The van der Waals surface area contributed by atoms with Crippen LogP contribution in [0.2, 0.25) is 0 Å². The molecule has 1 amide bonds. The maximum Gasteiger partial charge on any atom is 0.280 e. The molecule has 18 heavy (non-hydrogen) atoms. The van der Waals surface area contributed by atoms with E-state index in [2.05, 4.69) is 15.4 Å². The lowest BCUT2D eigenvalue weighted by molar-refractivity contribution is 0.0979. The first-order valence-electron chi connectivity index (χ1n) is 5.79. The average molecular weight is 243 g/mol. The third-order valence-corrected chi connectivity index (χ3v) is 3.17. The Hall–Kier alpha value is -2.21. The molecule has 1 aliphatic rings. The molecule has 0 radical (unpaired) electrons. The minimum Gasteiger partial charge on any atom is -0.324 e. The summed E-state index contributed by atoms with van der Waals surface area (Å²) in [6.07, 6.45) is 2.18. The summed E-state index contributed by atoms with van der Waals surface area (Å²) in [7, 11) is 0. The molecular formula is C12H13N5O. The Kier molecular flexibility index (Phi) is 2.56. The van der Waals surface area contributed by atoms with Crippen molar-refractivity contribution in [2.24, 2.45) is 5.73 Å². The van der Waals surface area contributed by atoms with Gasteiger partial charge in [0.15, 0.2) is 5.69 Å². The summed E-state index contributed by atoms with van der Waals surface area (Å²) < 4.78 is 0. The summed E-state index contributed by atoms with van der Waals surface area (Å²) >= 11 is 0. The van der Waals surface area contributed by atoms with Gasteiger partial charge < -0.3 is 10.6 Å². The highest BCUT2D eigenvalue weighted by atomic mass is 16.2. The van der Waals surface area contributed by atoms with Gasteiger partial charge in [0.2, 0.25) is 0 Å². The fraction of sp³-hybridized carbons (Fsp3) is 0.250. The standard InChI is InChI=1S/C12H13N5O/c13-9-5-6-17(11-4-2-1-3-8(9)11)12(18)10-7-14-16-15-10/h1-4,7,9H,5-6,13H2,(H,14,15,16). The number of nitrogens with zero attached hydrogens (tertiary/aromatic N) is 3. The van der Waals surface area contributed by atoms with Crippen LogP contribution < -0.4 is 10.6 Å². The topological polar surface area (TPSA) is 87.9 Å². The van der Waals surface area contributed by atoms with Crippen molar-refractivity contribution in [1.82, 2.24) is 15.4 Å². The molecule has 0 aliphatic carbocycles. The van der Waals surface area contributed by atoms with E-state index in [9.17, 15) is 4.79 Å². The van der Waals surface area contributed by atoms with Crippen LogP contribution in [0.15, 0.2) is 30.5 Å². The Morgan fingerprint density at radius 1 is 1.44 bits per heavy atom. The Labute approximate surface area is 104 Å². The van der Waals surface area contributed by atoms with Crippen molar-refractivity contribution in [3.05, 3.63) is 41.7 Å². The van der Waals surface area contributed by atoms with Crippen molar-refractivity contribution in [1.29, 1.82) is 0 Å². The monoisotopic (exact) mass is 243 g/mol. The number of carbonyl (C=O) groups is 1. The van der Waals surface area contributed by atoms with Crippen LogP contribution in [-0.2, 0) is 0 Å². The minimum atomic E-state index is -0.150. The third-order valence-electron chi connectivity index (χ3n) is 3.17. The van der Waals surface area contributed by atoms with Gasteiger partial charge >= 0.3 is 0 Å². The van der Waals surface area contributed by atoms with Crippen LogP contribution in [0.1, 0.15) is 28.5 Å². The number of nitrogens with two attached hydrogens (primary N) is 1. The van der Waals surface area contributed by atoms with Crippen molar-refractivity contribution >= 4 is 11.6 Å². The molecule has 2 aromatic rings. The SMILES string of the molecule is NC1CCN(C(=O)c2cn[nH]n2)c2ccccc21. The van der Waals surface area contributed by atoms with Gasteiger partial charge in [0.05, 0.1) is 6.20 Å². The van der Waals surface area contributed by atoms with E-state index in [0.29, 0.717) is 12.2 Å². The van der Waals surface area contributed by atoms with Crippen LogP contribution in [0.25, 0.3) is 0 Å². The molecule has 1 unspecified atom stereocenters. The van der Waals surface area contributed by atoms with E-state index < -0.39 is 0 Å². The molecule has 1 aromatic heterocycles. The first kappa shape index (κ1) is 10.9. The summed E-state index contributed by atoms with van der Waals surface area (Å²) in [5.74, 6) is -0.150. The molecule has 0 bridgehead atoms. The number of anilines is 1. The zero-order valence-electron chi connectivity index (χ0n) is 9.71. The molecule has 1 aromatic carbocycles. The highest BCUT2D eigenvalue weighted by Gasteiger charge is 2.28. The number of rotatable bonds is 1. The van der Waals surface area contributed by atoms with Gasteiger partial charge in [0.25, 0.3) is 5.91 Å². The smallest absolute Gasteiger partial charge is 0.280 e. The van der Waals surface area contributed by atoms with Gasteiger partial charge in [-0.2, -0.15) is 15.4 Å². The second-order valence-corrected chi connectivity index (χ2v) is 4.27. The fourth-order valence-electron chi connectivity index (χ4n) is 2.24. The molecule has 0 saturated heterocycles. The summed E-state index contributed by atoms with van der Waals surface area (Å²) in [5.41, 5.74) is 8.24. The van der Waals surface area contributed by atoms with Crippen molar-refractivity contribution in [2.75, 3.05) is 11.4 Å². The Bertz CT molecular complexity index is 566. The van der Waals surface area contributed by atoms with E-state index in [1.54, 1.807) is 4.90 Å². The number of nitrogens with one attached hydrogen (secondary N) is 1. The lowest BCUT2D eigenvalue weighted by atomic mass is 9.97. The predicted molar refractivity (Wildman–Crippen MR) is 66.0 cm³/mol. The molecule has 1 atom stereocenters. The predicted octanol–water partition coefficient (Wildman–Crippen LogP) is 0.855. The second-order valence-electron chi connectivity index (χ2n) is 4.27. The summed E-state index contributed by atoms with van der Waals surface area (Å²) in [4.78, 5) is 14.0. The van der Waals surface area contributed by atoms with E-state index in [1.807, 2.05) is 24.3 Å². The van der Waals surface area contributed by atoms with Crippen LogP contribution in [0.4, 0.5) is 5.69 Å². The number of amides is 1. The van der Waals surface area contributed by atoms with E-state index in [0.717, 1.165) is 17.7 Å². The largest absolute Gasteiger partial charge is 0.324 e. The highest BCUT2D eigenvalue weighted by molar-refractivity contribution is 6.05. The number of aromatic nitrogens is 3. The minimum absolute atomic E-state index is 0.0115. The molecule has 3 rings (SSSR count). The van der Waals surface area contributed by atoms with Gasteiger partial charge in [-0.1, -0.05) is 18.2 Å². The number of benzene rings is 1. The Balaban J connectivity index is 2.00. The van der Waals surface area contributed by atoms with Crippen LogP contribution in [0.3, 0.4) is 0 Å². The molecule has 0 spiro atoms. The van der Waals surface area contributed by atoms with Gasteiger partial charge in [0, 0.05) is 18.3 Å². The van der Waals surface area contributed by atoms with Crippen molar-refractivity contribution in [3.8, 4) is 0 Å². The van der Waals surface area contributed by atoms with Crippen LogP contribution >= 0.6 is 0 Å². The zero-order chi connectivity index (χ0) is 12.5. The molecular weight excluding hydrogens is 230 g/mol. The normalized spacial score (nSPS) is 18.5. The summed E-state index contributed by atoms with van der Waals surface area (Å²) in [5, 5.41) is 9.94. The van der Waals surface area contributed by atoms with Crippen LogP contribution in [-0.4, -0.2) is 27.9 Å². The number of hydrogen-bond donors (Lipinski definition) is 2. The molecule has 0 saturated carbocycles. The van der Waals surface area contributed by atoms with Crippen molar-refractivity contribution in [3.63, 3.8) is 0 Å². The Morgan fingerprint density at radius 3 is 3.06 bits per heavy atom. The van der Waals surface area contributed by atoms with Gasteiger partial charge in [-0.05, 0) is 18.1 Å². The molecule has 2 heterocycles. The summed E-state index contributed by atoms with van der Waals surface area (Å²) in [6.45, 7) is 0.601. The fourth-order valence-corrected chi connectivity index (χ4v) is 2.24. The van der Waals surface area contributed by atoms with Gasteiger partial charge in [-0.15, -0.1) is 0 Å². The summed E-state index contributed by atoms with van der Waals surface area (Å²) in [6, 6.07) is 7.69. The lowest BCUT2D eigenvalue weighted by Crippen LogP contribution is -2.38. The number of aromatic amines is 1. The number of carbonyl (C=O) groups excluding carboxylic acids is 1. The Morgan fingerprint density at radius 2 is 2.28 bits per heavy atom. The maximum absolute atomic E-state index is 12.3. The molecule has 6 heteroatoms. The van der Waals surface area contributed by atoms with E-state index in [4.69, 9.17) is 5.73 Å². The average Bonchev–Trinajstić information content (AvgIpc) is 2.93. The van der Waals surface area contributed by atoms with E-state index in [1.165, 1.54) is 6.20 Å². The number of H-pyrrole nitrogens is 1. The molecule has 1 aliphatic heterocycles. The maximum atomic E-state index is 12.3. The molecule has 6 nitrogen and oxygen atoms in total. The zero-order valence-corrected chi connectivity index (χ0v) is 9.71. The van der Waals surface area contributed by atoms with E-state index >= 15 is 0 Å². The number of fused-ring (bicyclic) bond motifs is 1. The van der Waals surface area contributed by atoms with Gasteiger partial charge in [-0.25, -0.2) is 0 Å². The first-order chi connectivity index (χ1) is 8.77. The van der Waals surface area contributed by atoms with Gasteiger partial charge in [-0.3, -0.25) is 4.79 Å². The number of para-hydroxylation sites is 1. The highest BCUT2D eigenvalue weighted by Crippen LogP contribution is 2.32. The van der Waals surface area contributed by atoms with Gasteiger partial charge in [0.1, 0.15) is 0 Å². The first-order valence-corrected chi connectivity index (χ1v) is 5.79. The lowest BCUT2D eigenvalue weighted by Gasteiger charge is -2.32. The van der Waals surface area contributed by atoms with E-state index in [-0.39, 0.29) is 11.9 Å². The second kappa shape index (κ2) is 4.23.